The second-order valence-electron chi connectivity index (χ2n) is 13.2. The van der Waals surface area contributed by atoms with Crippen LogP contribution >= 0.6 is 15.9 Å². The van der Waals surface area contributed by atoms with E-state index in [1.807, 2.05) is 13.0 Å². The number of carbonyl (C=O) groups is 4. The van der Waals surface area contributed by atoms with E-state index in [4.69, 9.17) is 9.47 Å². The molecule has 2 heterocycles. The number of amides is 2. The molecule has 4 rings (SSSR count). The Balaban J connectivity index is 0.000000277. The molecule has 2 aromatic heterocycles. The Bertz CT molecular complexity index is 1930. The van der Waals surface area contributed by atoms with Crippen molar-refractivity contribution in [1.29, 1.82) is 0 Å². The van der Waals surface area contributed by atoms with Crippen molar-refractivity contribution >= 4 is 51.3 Å². The molecule has 0 radical (unpaired) electrons. The van der Waals surface area contributed by atoms with Gasteiger partial charge in [0.05, 0.1) is 27.8 Å². The Kier molecular flexibility index (Phi) is 12.9. The van der Waals surface area contributed by atoms with E-state index in [9.17, 15) is 32.3 Å². The van der Waals surface area contributed by atoms with E-state index in [0.29, 0.717) is 22.1 Å². The molecule has 0 bridgehead atoms. The fourth-order valence-corrected chi connectivity index (χ4v) is 4.59. The lowest BCUT2D eigenvalue weighted by Crippen LogP contribution is -2.26. The number of ether oxygens (including phenoxy) is 2. The topological polar surface area (TPSA) is 137 Å². The first kappa shape index (κ1) is 40.3. The van der Waals surface area contributed by atoms with E-state index >= 15 is 0 Å². The first-order valence-electron chi connectivity index (χ1n) is 15.5. The third-order valence-corrected chi connectivity index (χ3v) is 6.81. The molecular formula is C37H38BrF3N4O6. The number of hydrogen-bond donors (Lipinski definition) is 2. The molecule has 2 N–H and O–H groups in total. The molecule has 2 aromatic carbocycles. The Labute approximate surface area is 302 Å². The van der Waals surface area contributed by atoms with Gasteiger partial charge in [0.2, 0.25) is 0 Å². The molecule has 10 nitrogen and oxygen atoms in total. The van der Waals surface area contributed by atoms with Gasteiger partial charge in [-0.25, -0.2) is 19.6 Å². The average molecular weight is 772 g/mol. The van der Waals surface area contributed by atoms with Gasteiger partial charge in [-0.2, -0.15) is 13.2 Å². The summed E-state index contributed by atoms with van der Waals surface area (Å²) in [5.74, 6) is -2.10. The van der Waals surface area contributed by atoms with E-state index in [1.54, 1.807) is 90.9 Å². The van der Waals surface area contributed by atoms with Crippen LogP contribution in [0.5, 0.6) is 0 Å². The predicted octanol–water partition coefficient (Wildman–Crippen LogP) is 8.98. The van der Waals surface area contributed by atoms with E-state index in [0.717, 1.165) is 17.8 Å². The number of benzene rings is 2. The largest absolute Gasteiger partial charge is 0.456 e. The molecule has 0 aliphatic rings. The summed E-state index contributed by atoms with van der Waals surface area (Å²) < 4.78 is 50.3. The van der Waals surface area contributed by atoms with Gasteiger partial charge in [-0.3, -0.25) is 9.59 Å². The van der Waals surface area contributed by atoms with Crippen LogP contribution in [0.3, 0.4) is 0 Å². The normalized spacial score (nSPS) is 11.5. The van der Waals surface area contributed by atoms with Gasteiger partial charge in [-0.1, -0.05) is 28.1 Å². The van der Waals surface area contributed by atoms with Gasteiger partial charge in [0, 0.05) is 15.9 Å². The SMILES string of the molecule is Cc1cccc(NC(=O)c2ccc(Br)cc2C(=O)OC(C)(C)C)n1.Cc1cccc(NC(=O)c2ccc(C(F)(F)F)cc2C(=O)OC(C)(C)C)n1. The molecule has 0 aliphatic carbocycles. The highest BCUT2D eigenvalue weighted by atomic mass is 79.9. The van der Waals surface area contributed by atoms with Gasteiger partial charge >= 0.3 is 18.1 Å². The highest BCUT2D eigenvalue weighted by Gasteiger charge is 2.33. The van der Waals surface area contributed by atoms with Crippen molar-refractivity contribution in [3.63, 3.8) is 0 Å². The molecule has 0 unspecified atom stereocenters. The van der Waals surface area contributed by atoms with Crippen LogP contribution in [-0.4, -0.2) is 44.9 Å². The van der Waals surface area contributed by atoms with Crippen LogP contribution in [0.15, 0.2) is 77.3 Å². The number of aryl methyl sites for hydroxylation is 2. The highest BCUT2D eigenvalue weighted by molar-refractivity contribution is 9.10. The summed E-state index contributed by atoms with van der Waals surface area (Å²) in [6, 6.07) is 17.4. The summed E-state index contributed by atoms with van der Waals surface area (Å²) in [7, 11) is 0. The highest BCUT2D eigenvalue weighted by Crippen LogP contribution is 2.31. The lowest BCUT2D eigenvalue weighted by atomic mass is 10.0. The summed E-state index contributed by atoms with van der Waals surface area (Å²) in [5, 5.41) is 5.18. The molecule has 2 amide bonds. The smallest absolute Gasteiger partial charge is 0.416 e. The van der Waals surface area contributed by atoms with Crippen LogP contribution in [-0.2, 0) is 15.7 Å². The summed E-state index contributed by atoms with van der Waals surface area (Å²) in [4.78, 5) is 58.2. The minimum atomic E-state index is -4.66. The molecule has 0 saturated carbocycles. The van der Waals surface area contributed by atoms with Gasteiger partial charge < -0.3 is 20.1 Å². The third kappa shape index (κ3) is 12.6. The second-order valence-corrected chi connectivity index (χ2v) is 14.1. The van der Waals surface area contributed by atoms with E-state index in [1.165, 1.54) is 6.07 Å². The fraction of sp³-hybridized carbons (Fsp3) is 0.297. The minimum Gasteiger partial charge on any atom is -0.456 e. The lowest BCUT2D eigenvalue weighted by Gasteiger charge is -2.21. The predicted molar refractivity (Wildman–Crippen MR) is 190 cm³/mol. The van der Waals surface area contributed by atoms with Crippen LogP contribution in [0, 0.1) is 13.8 Å². The van der Waals surface area contributed by atoms with Crippen molar-refractivity contribution < 1.29 is 41.8 Å². The van der Waals surface area contributed by atoms with Gasteiger partial charge in [0.15, 0.2) is 0 Å². The molecule has 0 spiro atoms. The van der Waals surface area contributed by atoms with Crippen LogP contribution in [0.25, 0.3) is 0 Å². The number of hydrogen-bond acceptors (Lipinski definition) is 8. The van der Waals surface area contributed by atoms with Crippen molar-refractivity contribution in [1.82, 2.24) is 9.97 Å². The summed E-state index contributed by atoms with van der Waals surface area (Å²) in [5.41, 5.74) is -1.47. The maximum atomic E-state index is 13.0. The summed E-state index contributed by atoms with van der Waals surface area (Å²) in [6.45, 7) is 13.6. The number of rotatable bonds is 6. The van der Waals surface area contributed by atoms with Crippen molar-refractivity contribution in [2.45, 2.75) is 72.8 Å². The monoisotopic (exact) mass is 770 g/mol. The first-order chi connectivity index (χ1) is 23.5. The number of aromatic nitrogens is 2. The molecule has 0 aliphatic heterocycles. The summed E-state index contributed by atoms with van der Waals surface area (Å²) in [6.07, 6.45) is -4.66. The number of carbonyl (C=O) groups excluding carboxylic acids is 4. The molecule has 14 heteroatoms. The molecular weight excluding hydrogens is 733 g/mol. The zero-order valence-electron chi connectivity index (χ0n) is 29.3. The van der Waals surface area contributed by atoms with Crippen LogP contribution in [0.4, 0.5) is 24.8 Å². The maximum Gasteiger partial charge on any atom is 0.416 e. The maximum absolute atomic E-state index is 13.0. The van der Waals surface area contributed by atoms with E-state index < -0.39 is 52.3 Å². The Hall–Kier alpha value is -5.11. The average Bonchev–Trinajstić information content (AvgIpc) is 2.99. The minimum absolute atomic E-state index is 0.199. The number of pyridine rings is 2. The standard InChI is InChI=1S/C19H19F3N2O3.C18H19BrN2O3/c1-11-6-5-7-15(23-11)24-16(25)13-9-8-12(19(20,21)22)10-14(13)17(26)27-18(2,3)4;1-11-6-5-7-15(20-11)21-16(22)13-9-8-12(19)10-14(13)17(23)24-18(2,3)4/h5-10H,1-4H3,(H,23,24,25);5-10H,1-4H3,(H,20,21,22). The molecule has 270 valence electrons. The lowest BCUT2D eigenvalue weighted by molar-refractivity contribution is -0.137. The van der Waals surface area contributed by atoms with Gasteiger partial charge in [-0.15, -0.1) is 0 Å². The second kappa shape index (κ2) is 16.3. The first-order valence-corrected chi connectivity index (χ1v) is 16.3. The van der Waals surface area contributed by atoms with Crippen LogP contribution in [0.2, 0.25) is 0 Å². The third-order valence-electron chi connectivity index (χ3n) is 6.32. The van der Waals surface area contributed by atoms with Crippen molar-refractivity contribution in [3.8, 4) is 0 Å². The van der Waals surface area contributed by atoms with Crippen LogP contribution in [0.1, 0.15) is 99.9 Å². The quantitative estimate of drug-likeness (QED) is 0.186. The van der Waals surface area contributed by atoms with Crippen molar-refractivity contribution in [3.05, 3.63) is 116 Å². The zero-order chi connectivity index (χ0) is 38.3. The Morgan fingerprint density at radius 1 is 0.608 bits per heavy atom. The number of halogens is 4. The van der Waals surface area contributed by atoms with E-state index in [2.05, 4.69) is 36.5 Å². The number of anilines is 2. The number of esters is 2. The van der Waals surface area contributed by atoms with Gasteiger partial charge in [0.1, 0.15) is 22.8 Å². The fourth-order valence-electron chi connectivity index (χ4n) is 4.23. The zero-order valence-corrected chi connectivity index (χ0v) is 30.9. The molecule has 51 heavy (non-hydrogen) atoms. The number of nitrogens with zero attached hydrogens (tertiary/aromatic N) is 2. The van der Waals surface area contributed by atoms with Crippen LogP contribution < -0.4 is 10.6 Å². The molecule has 4 aromatic rings. The van der Waals surface area contributed by atoms with Gasteiger partial charge in [-0.05, 0) is 116 Å². The van der Waals surface area contributed by atoms with Crippen molar-refractivity contribution in [2.75, 3.05) is 10.6 Å². The van der Waals surface area contributed by atoms with E-state index in [-0.39, 0.29) is 22.5 Å². The number of alkyl halides is 3. The summed E-state index contributed by atoms with van der Waals surface area (Å²) >= 11 is 3.32. The molecule has 0 fully saturated rings. The van der Waals surface area contributed by atoms with Gasteiger partial charge in [0.25, 0.3) is 11.8 Å². The Morgan fingerprint density at radius 3 is 1.41 bits per heavy atom. The Morgan fingerprint density at radius 2 is 1.02 bits per heavy atom. The molecule has 0 saturated heterocycles. The molecule has 0 atom stereocenters. The number of nitrogens with one attached hydrogen (secondary N) is 2. The van der Waals surface area contributed by atoms with Crippen molar-refractivity contribution in [2.24, 2.45) is 0 Å².